The van der Waals surface area contributed by atoms with Crippen LogP contribution in [0.5, 0.6) is 6.01 Å². The van der Waals surface area contributed by atoms with Crippen LogP contribution in [0.3, 0.4) is 0 Å². The zero-order valence-electron chi connectivity index (χ0n) is 30.0. The van der Waals surface area contributed by atoms with Crippen LogP contribution in [0.15, 0.2) is 18.0 Å². The van der Waals surface area contributed by atoms with Crippen LogP contribution >= 0.6 is 0 Å². The summed E-state index contributed by atoms with van der Waals surface area (Å²) < 4.78 is 87.5. The Kier molecular flexibility index (Phi) is 9.60. The quantitative estimate of drug-likeness (QED) is 0.199. The Morgan fingerprint density at radius 2 is 2.00 bits per heavy atom. The maximum Gasteiger partial charge on any atom is 0.418 e. The van der Waals surface area contributed by atoms with Crippen LogP contribution in [0, 0.1) is 24.6 Å². The first-order valence-corrected chi connectivity index (χ1v) is 17.6. The Morgan fingerprint density at radius 3 is 2.72 bits per heavy atom. The number of hydrogen-bond acceptors (Lipinski definition) is 9. The summed E-state index contributed by atoms with van der Waals surface area (Å²) in [6.07, 6.45) is -3.09. The highest BCUT2D eigenvalue weighted by Crippen LogP contribution is 2.45. The Morgan fingerprint density at radius 1 is 1.21 bits per heavy atom. The lowest BCUT2D eigenvalue weighted by Crippen LogP contribution is -2.43. The smallest absolute Gasteiger partial charge is 0.418 e. The Balaban J connectivity index is 1.30. The van der Waals surface area contributed by atoms with Gasteiger partial charge in [0.1, 0.15) is 12.4 Å². The lowest BCUT2D eigenvalue weighted by Gasteiger charge is -2.33. The Bertz CT molecular complexity index is 2050. The van der Waals surface area contributed by atoms with Crippen molar-refractivity contribution in [3.63, 3.8) is 0 Å². The summed E-state index contributed by atoms with van der Waals surface area (Å²) >= 11 is 0. The monoisotopic (exact) mass is 740 g/mol. The predicted molar refractivity (Wildman–Crippen MR) is 185 cm³/mol. The molecule has 16 heteroatoms. The molecule has 0 radical (unpaired) electrons. The van der Waals surface area contributed by atoms with Gasteiger partial charge in [-0.3, -0.25) is 14.4 Å². The lowest BCUT2D eigenvalue weighted by atomic mass is 9.90. The van der Waals surface area contributed by atoms with Gasteiger partial charge in [0.25, 0.3) is 5.91 Å². The average molecular weight is 741 g/mol. The lowest BCUT2D eigenvalue weighted by molar-refractivity contribution is -0.140. The number of aryl methyl sites for hydroxylation is 1. The van der Waals surface area contributed by atoms with E-state index in [-0.39, 0.29) is 31.6 Å². The number of aromatic nitrogens is 4. The van der Waals surface area contributed by atoms with Crippen molar-refractivity contribution in [1.82, 2.24) is 29.5 Å². The largest absolute Gasteiger partial charge is 0.461 e. The van der Waals surface area contributed by atoms with Crippen molar-refractivity contribution >= 4 is 17.4 Å². The second kappa shape index (κ2) is 13.9. The number of anilines is 2. The van der Waals surface area contributed by atoms with Gasteiger partial charge >= 0.3 is 12.2 Å². The third kappa shape index (κ3) is 6.58. The molecule has 0 saturated carbocycles. The number of carbonyl (C=O) groups is 1. The molecule has 0 aliphatic carbocycles. The molecule has 4 aliphatic rings. The van der Waals surface area contributed by atoms with Crippen LogP contribution in [0.25, 0.3) is 0 Å². The fourth-order valence-corrected chi connectivity index (χ4v) is 8.17. The molecule has 1 aromatic carbocycles. The molecule has 0 bridgehead atoms. The molecule has 0 spiro atoms. The summed E-state index contributed by atoms with van der Waals surface area (Å²) in [4.78, 5) is 28.2. The highest BCUT2D eigenvalue weighted by Gasteiger charge is 2.48. The van der Waals surface area contributed by atoms with E-state index in [4.69, 9.17) is 25.2 Å². The molecule has 2 fully saturated rings. The molecule has 2 saturated heterocycles. The number of hydrogen-bond donors (Lipinski definition) is 1. The number of ether oxygens (including phenoxy) is 2. The number of alkyl halides is 3. The van der Waals surface area contributed by atoms with Gasteiger partial charge in [-0.1, -0.05) is 5.92 Å². The van der Waals surface area contributed by atoms with Crippen LogP contribution in [-0.4, -0.2) is 81.3 Å². The van der Waals surface area contributed by atoms with E-state index in [1.165, 1.54) is 11.8 Å². The van der Waals surface area contributed by atoms with E-state index in [2.05, 4.69) is 21.8 Å². The van der Waals surface area contributed by atoms with Gasteiger partial charge in [0.15, 0.2) is 11.5 Å². The molecule has 2 N–H and O–H groups in total. The molecule has 4 aliphatic heterocycles. The molecule has 1 amide bonds. The number of fused-ring (bicyclic) bond motifs is 3. The third-order valence-corrected chi connectivity index (χ3v) is 10.7. The van der Waals surface area contributed by atoms with Crippen LogP contribution in [0.1, 0.15) is 88.4 Å². The number of amides is 1. The number of benzene rings is 1. The average Bonchev–Trinajstić information content (AvgIpc) is 3.71. The molecule has 282 valence electrons. The van der Waals surface area contributed by atoms with Crippen LogP contribution in [-0.2, 0) is 37.0 Å². The summed E-state index contributed by atoms with van der Waals surface area (Å²) in [5.74, 6) is 3.90. The van der Waals surface area contributed by atoms with E-state index in [1.807, 2.05) is 16.5 Å². The molecule has 7 rings (SSSR count). The van der Waals surface area contributed by atoms with Crippen molar-refractivity contribution in [1.29, 1.82) is 0 Å². The van der Waals surface area contributed by atoms with Crippen molar-refractivity contribution in [2.24, 2.45) is 0 Å². The number of nitrogens with two attached hydrogens (primary N) is 1. The minimum Gasteiger partial charge on any atom is -0.461 e. The molecule has 2 atom stereocenters. The van der Waals surface area contributed by atoms with Gasteiger partial charge in [-0.05, 0) is 57.7 Å². The van der Waals surface area contributed by atoms with Crippen LogP contribution in [0.4, 0.5) is 33.5 Å². The van der Waals surface area contributed by atoms with E-state index in [9.17, 15) is 22.4 Å². The van der Waals surface area contributed by atoms with Crippen LogP contribution < -0.4 is 15.4 Å². The standard InChI is InChI=1S/C37H41F5N8O3/c1-5-8-23-13-25(43)31(39)29(30(23)37(40,41)42)28-14-26-24(19-52-28)33(45-35(44-26)53-20-36-9-6-11-49(36)17-22(15-36)16-38)48-10-7-12-50-27(18-48)21(2)32(46-50)34(51)47(3)4/h13,16,28H,6-7,9-12,14-15,17-20,43H2,1-4H3/b22-16+/t28-,36-/m0/s1. The zero-order chi connectivity index (χ0) is 37.8. The Hall–Kier alpha value is -4.75. The fraction of sp³-hybridized carbons (Fsp3) is 0.514. The van der Waals surface area contributed by atoms with E-state index < -0.39 is 46.0 Å². The normalized spacial score (nSPS) is 22.2. The second-order valence-electron chi connectivity index (χ2n) is 14.3. The first kappa shape index (κ1) is 36.6. The van der Waals surface area contributed by atoms with Gasteiger partial charge < -0.3 is 25.0 Å². The van der Waals surface area contributed by atoms with Gasteiger partial charge in [-0.15, -0.1) is 5.92 Å². The highest BCUT2D eigenvalue weighted by atomic mass is 19.4. The summed E-state index contributed by atoms with van der Waals surface area (Å²) in [6.45, 7) is 5.87. The van der Waals surface area contributed by atoms with Gasteiger partial charge in [-0.2, -0.15) is 28.2 Å². The number of rotatable bonds is 6. The SMILES string of the molecule is CC#Cc1cc(N)c(F)c([C@@H]2Cc3nc(OC[C@@]45CCCN4C/C(=C/F)C5)nc(N4CCCn5nc(C(=O)N(C)C)c(C)c5C4)c3CO2)c1C(F)(F)F. The van der Waals surface area contributed by atoms with Gasteiger partial charge in [0.05, 0.1) is 53.8 Å². The molecular weight excluding hydrogens is 699 g/mol. The summed E-state index contributed by atoms with van der Waals surface area (Å²) in [5.41, 5.74) is 6.01. The van der Waals surface area contributed by atoms with Crippen molar-refractivity contribution < 1.29 is 36.2 Å². The van der Waals surface area contributed by atoms with Crippen molar-refractivity contribution in [3.8, 4) is 17.9 Å². The van der Waals surface area contributed by atoms with Crippen molar-refractivity contribution in [2.45, 2.75) is 83.5 Å². The van der Waals surface area contributed by atoms with E-state index in [0.717, 1.165) is 36.7 Å². The molecule has 3 aromatic rings. The maximum absolute atomic E-state index is 15.7. The maximum atomic E-state index is 15.7. The van der Waals surface area contributed by atoms with Gasteiger partial charge in [-0.25, -0.2) is 8.78 Å². The highest BCUT2D eigenvalue weighted by molar-refractivity contribution is 5.93. The molecular formula is C37H41F5N8O3. The predicted octanol–water partition coefficient (Wildman–Crippen LogP) is 5.49. The van der Waals surface area contributed by atoms with Crippen molar-refractivity contribution in [2.75, 3.05) is 51.0 Å². The minimum atomic E-state index is -4.96. The first-order valence-electron chi connectivity index (χ1n) is 17.6. The number of halogens is 5. The van der Waals surface area contributed by atoms with E-state index in [0.29, 0.717) is 73.7 Å². The number of nitrogens with zero attached hydrogens (tertiary/aromatic N) is 7. The van der Waals surface area contributed by atoms with Crippen LogP contribution in [0.2, 0.25) is 0 Å². The molecule has 6 heterocycles. The molecule has 53 heavy (non-hydrogen) atoms. The molecule has 11 nitrogen and oxygen atoms in total. The summed E-state index contributed by atoms with van der Waals surface area (Å²) in [5, 5.41) is 4.62. The second-order valence-corrected chi connectivity index (χ2v) is 14.3. The van der Waals surface area contributed by atoms with Gasteiger partial charge in [0, 0.05) is 62.4 Å². The van der Waals surface area contributed by atoms with Gasteiger partial charge in [0.2, 0.25) is 0 Å². The Labute approximate surface area is 303 Å². The fourth-order valence-electron chi connectivity index (χ4n) is 8.17. The summed E-state index contributed by atoms with van der Waals surface area (Å²) in [6, 6.07) is 0.890. The van der Waals surface area contributed by atoms with Crippen molar-refractivity contribution in [3.05, 3.63) is 68.7 Å². The third-order valence-electron chi connectivity index (χ3n) is 10.7. The number of carbonyl (C=O) groups excluding carboxylic acids is 1. The zero-order valence-corrected chi connectivity index (χ0v) is 30.0. The summed E-state index contributed by atoms with van der Waals surface area (Å²) in [7, 11) is 3.33. The topological polar surface area (TPSA) is 115 Å². The molecule has 2 aromatic heterocycles. The number of nitrogen functional groups attached to an aromatic ring is 1. The minimum absolute atomic E-state index is 0.00196. The van der Waals surface area contributed by atoms with E-state index >= 15 is 4.39 Å². The molecule has 0 unspecified atom stereocenters. The first-order chi connectivity index (χ1) is 25.2. The van der Waals surface area contributed by atoms with E-state index in [1.54, 1.807) is 14.1 Å².